The quantitative estimate of drug-likeness (QED) is 0.558. The third-order valence-corrected chi connectivity index (χ3v) is 3.77. The highest BCUT2D eigenvalue weighted by Crippen LogP contribution is 2.38. The van der Waals surface area contributed by atoms with Gasteiger partial charge in [0.2, 0.25) is 0 Å². The molecule has 2 heterocycles. The summed E-state index contributed by atoms with van der Waals surface area (Å²) in [7, 11) is 2.31. The molecule has 64 valence electrons. The van der Waals surface area contributed by atoms with Crippen molar-refractivity contribution in [1.29, 1.82) is 0 Å². The number of hydrogen-bond donors (Lipinski definition) is 0. The topological polar surface area (TPSA) is 3.24 Å². The molecule has 2 fully saturated rings. The smallest absolute Gasteiger partial charge is 0.00983 e. The van der Waals surface area contributed by atoms with Crippen molar-refractivity contribution in [2.75, 3.05) is 7.05 Å². The molecule has 0 aliphatic carbocycles. The summed E-state index contributed by atoms with van der Waals surface area (Å²) in [5.41, 5.74) is 0. The first-order valence-corrected chi connectivity index (χ1v) is 5.03. The Kier molecular flexibility index (Phi) is 1.92. The number of rotatable bonds is 1. The summed E-state index contributed by atoms with van der Waals surface area (Å²) < 4.78 is 0. The second-order valence-electron chi connectivity index (χ2n) is 4.30. The van der Waals surface area contributed by atoms with Crippen LogP contribution in [0.2, 0.25) is 0 Å². The first kappa shape index (κ1) is 7.60. The van der Waals surface area contributed by atoms with E-state index in [0.717, 1.165) is 18.0 Å². The molecule has 0 radical (unpaired) electrons. The Hall–Kier alpha value is -0.0400. The van der Waals surface area contributed by atoms with Crippen molar-refractivity contribution in [2.24, 2.45) is 5.92 Å². The van der Waals surface area contributed by atoms with Crippen molar-refractivity contribution in [3.8, 4) is 0 Å². The lowest BCUT2D eigenvalue weighted by Crippen LogP contribution is -2.39. The summed E-state index contributed by atoms with van der Waals surface area (Å²) in [6, 6.07) is 1.89. The summed E-state index contributed by atoms with van der Waals surface area (Å²) in [5, 5.41) is 0. The number of fused-ring (bicyclic) bond motifs is 2. The largest absolute Gasteiger partial charge is 0.300 e. The molecule has 3 atom stereocenters. The molecular formula is C10H19N. The maximum Gasteiger partial charge on any atom is 0.00983 e. The lowest BCUT2D eigenvalue weighted by molar-refractivity contribution is 0.132. The minimum atomic E-state index is 0.943. The highest BCUT2D eigenvalue weighted by Gasteiger charge is 2.37. The Balaban J connectivity index is 2.02. The summed E-state index contributed by atoms with van der Waals surface area (Å²) >= 11 is 0. The van der Waals surface area contributed by atoms with Gasteiger partial charge < -0.3 is 4.90 Å². The van der Waals surface area contributed by atoms with Gasteiger partial charge in [0.25, 0.3) is 0 Å². The first-order chi connectivity index (χ1) is 5.31. The summed E-state index contributed by atoms with van der Waals surface area (Å²) in [5.74, 6) is 1.05. The standard InChI is InChI=1S/C10H19N/c1-3-8-6-9-4-5-10(7-8)11(9)2/h8-10H,3-7H2,1-2H3/t8?,9-,10+. The third-order valence-electron chi connectivity index (χ3n) is 3.77. The molecule has 0 aromatic heterocycles. The third kappa shape index (κ3) is 1.20. The molecule has 0 spiro atoms. The van der Waals surface area contributed by atoms with Crippen molar-refractivity contribution in [3.63, 3.8) is 0 Å². The van der Waals surface area contributed by atoms with Crippen LogP contribution in [0.5, 0.6) is 0 Å². The zero-order chi connectivity index (χ0) is 7.84. The maximum absolute atomic E-state index is 2.62. The van der Waals surface area contributed by atoms with Gasteiger partial charge in [-0.05, 0) is 38.6 Å². The average Bonchev–Trinajstić information content (AvgIpc) is 2.26. The van der Waals surface area contributed by atoms with Crippen LogP contribution >= 0.6 is 0 Å². The minimum absolute atomic E-state index is 0.943. The Labute approximate surface area is 69.8 Å². The summed E-state index contributed by atoms with van der Waals surface area (Å²) in [4.78, 5) is 2.62. The predicted octanol–water partition coefficient (Wildman–Crippen LogP) is 2.27. The molecule has 2 aliphatic heterocycles. The van der Waals surface area contributed by atoms with Gasteiger partial charge in [-0.2, -0.15) is 0 Å². The van der Waals surface area contributed by atoms with Crippen LogP contribution in [0.1, 0.15) is 39.0 Å². The van der Waals surface area contributed by atoms with Crippen LogP contribution in [-0.2, 0) is 0 Å². The van der Waals surface area contributed by atoms with Crippen molar-refractivity contribution in [3.05, 3.63) is 0 Å². The van der Waals surface area contributed by atoms with Gasteiger partial charge >= 0.3 is 0 Å². The molecule has 0 saturated carbocycles. The van der Waals surface area contributed by atoms with Crippen LogP contribution in [0.3, 0.4) is 0 Å². The van der Waals surface area contributed by atoms with Gasteiger partial charge in [0.1, 0.15) is 0 Å². The summed E-state index contributed by atoms with van der Waals surface area (Å²) in [6.45, 7) is 2.34. The van der Waals surface area contributed by atoms with E-state index in [-0.39, 0.29) is 0 Å². The van der Waals surface area contributed by atoms with E-state index in [2.05, 4.69) is 18.9 Å². The molecular weight excluding hydrogens is 134 g/mol. The molecule has 1 heteroatoms. The van der Waals surface area contributed by atoms with E-state index < -0.39 is 0 Å². The molecule has 2 saturated heterocycles. The molecule has 11 heavy (non-hydrogen) atoms. The van der Waals surface area contributed by atoms with Gasteiger partial charge in [-0.3, -0.25) is 0 Å². The fraction of sp³-hybridized carbons (Fsp3) is 1.00. The molecule has 0 aromatic carbocycles. The number of nitrogens with zero attached hydrogens (tertiary/aromatic N) is 1. The SMILES string of the molecule is CCC1C[C@H]2CC[C@@H](C1)N2C. The van der Waals surface area contributed by atoms with Gasteiger partial charge in [0.05, 0.1) is 0 Å². The van der Waals surface area contributed by atoms with Gasteiger partial charge in [-0.15, -0.1) is 0 Å². The Morgan fingerprint density at radius 1 is 1.18 bits per heavy atom. The molecule has 2 rings (SSSR count). The van der Waals surface area contributed by atoms with E-state index >= 15 is 0 Å². The van der Waals surface area contributed by atoms with E-state index in [1.54, 1.807) is 0 Å². The van der Waals surface area contributed by atoms with E-state index in [4.69, 9.17) is 0 Å². The average molecular weight is 153 g/mol. The second-order valence-corrected chi connectivity index (χ2v) is 4.30. The lowest BCUT2D eigenvalue weighted by Gasteiger charge is -2.35. The number of hydrogen-bond acceptors (Lipinski definition) is 1. The zero-order valence-corrected chi connectivity index (χ0v) is 7.71. The highest BCUT2D eigenvalue weighted by molar-refractivity contribution is 4.92. The van der Waals surface area contributed by atoms with E-state index in [1.165, 1.54) is 32.1 Å². The van der Waals surface area contributed by atoms with E-state index in [1.807, 2.05) is 0 Å². The molecule has 0 amide bonds. The monoisotopic (exact) mass is 153 g/mol. The molecule has 0 N–H and O–H groups in total. The van der Waals surface area contributed by atoms with Gasteiger partial charge in [0.15, 0.2) is 0 Å². The Morgan fingerprint density at radius 2 is 1.73 bits per heavy atom. The van der Waals surface area contributed by atoms with Gasteiger partial charge in [-0.25, -0.2) is 0 Å². The van der Waals surface area contributed by atoms with Crippen molar-refractivity contribution < 1.29 is 0 Å². The fourth-order valence-corrected chi connectivity index (χ4v) is 2.86. The second kappa shape index (κ2) is 2.78. The minimum Gasteiger partial charge on any atom is -0.300 e. The molecule has 2 bridgehead atoms. The predicted molar refractivity (Wildman–Crippen MR) is 47.6 cm³/mol. The van der Waals surface area contributed by atoms with Gasteiger partial charge in [0, 0.05) is 12.1 Å². The van der Waals surface area contributed by atoms with Crippen molar-refractivity contribution in [2.45, 2.75) is 51.1 Å². The van der Waals surface area contributed by atoms with Crippen LogP contribution < -0.4 is 0 Å². The Morgan fingerprint density at radius 3 is 2.18 bits per heavy atom. The van der Waals surface area contributed by atoms with Crippen LogP contribution in [-0.4, -0.2) is 24.0 Å². The van der Waals surface area contributed by atoms with E-state index in [9.17, 15) is 0 Å². The normalized spacial score (nSPS) is 44.7. The molecule has 1 unspecified atom stereocenters. The maximum atomic E-state index is 2.62. The molecule has 0 aromatic rings. The molecule has 2 aliphatic rings. The van der Waals surface area contributed by atoms with E-state index in [0.29, 0.717) is 0 Å². The number of piperidine rings is 1. The van der Waals surface area contributed by atoms with Crippen molar-refractivity contribution >= 4 is 0 Å². The Bertz CT molecular complexity index is 130. The van der Waals surface area contributed by atoms with Crippen molar-refractivity contribution in [1.82, 2.24) is 4.90 Å². The first-order valence-electron chi connectivity index (χ1n) is 5.03. The molecule has 1 nitrogen and oxygen atoms in total. The highest BCUT2D eigenvalue weighted by atomic mass is 15.2. The van der Waals surface area contributed by atoms with Crippen LogP contribution in [0.4, 0.5) is 0 Å². The lowest BCUT2D eigenvalue weighted by atomic mass is 9.89. The van der Waals surface area contributed by atoms with Crippen LogP contribution in [0.15, 0.2) is 0 Å². The summed E-state index contributed by atoms with van der Waals surface area (Å²) in [6.07, 6.45) is 7.29. The van der Waals surface area contributed by atoms with Crippen LogP contribution in [0, 0.1) is 5.92 Å². The van der Waals surface area contributed by atoms with Crippen LogP contribution in [0.25, 0.3) is 0 Å². The van der Waals surface area contributed by atoms with Gasteiger partial charge in [-0.1, -0.05) is 13.3 Å². The zero-order valence-electron chi connectivity index (χ0n) is 7.71. The fourth-order valence-electron chi connectivity index (χ4n) is 2.86.